The van der Waals surface area contributed by atoms with E-state index in [0.717, 1.165) is 44.6 Å². The van der Waals surface area contributed by atoms with Gasteiger partial charge in [-0.15, -0.1) is 0 Å². The van der Waals surface area contributed by atoms with Crippen molar-refractivity contribution in [1.82, 2.24) is 20.0 Å². The number of ether oxygens (including phenoxy) is 1. The average molecular weight is 417 g/mol. The summed E-state index contributed by atoms with van der Waals surface area (Å²) in [6, 6.07) is 9.50. The minimum absolute atomic E-state index is 0.0972. The molecule has 1 aromatic rings. The molecule has 1 N–H and O–H groups in total. The molecule has 0 aromatic heterocycles. The number of hydrogen-bond donors (Lipinski definition) is 1. The number of carbonyl (C=O) groups is 3. The molecule has 2 aliphatic rings. The maximum atomic E-state index is 12.4. The molecule has 0 saturated carbocycles. The van der Waals surface area contributed by atoms with E-state index in [1.807, 2.05) is 40.1 Å². The van der Waals surface area contributed by atoms with E-state index in [9.17, 15) is 14.4 Å². The zero-order valence-corrected chi connectivity index (χ0v) is 17.6. The van der Waals surface area contributed by atoms with Crippen molar-refractivity contribution in [1.29, 1.82) is 0 Å². The van der Waals surface area contributed by atoms with E-state index in [2.05, 4.69) is 10.2 Å². The summed E-state index contributed by atoms with van der Waals surface area (Å²) in [6.45, 7) is 5.62. The second kappa shape index (κ2) is 11.5. The van der Waals surface area contributed by atoms with Crippen LogP contribution in [0.15, 0.2) is 30.3 Å². The van der Waals surface area contributed by atoms with E-state index < -0.39 is 6.09 Å². The van der Waals surface area contributed by atoms with Crippen molar-refractivity contribution in [3.63, 3.8) is 0 Å². The van der Waals surface area contributed by atoms with Gasteiger partial charge in [0.15, 0.2) is 0 Å². The molecule has 164 valence electrons. The molecule has 0 aliphatic carbocycles. The summed E-state index contributed by atoms with van der Waals surface area (Å²) in [7, 11) is 0. The van der Waals surface area contributed by atoms with Crippen LogP contribution in [0.4, 0.5) is 4.79 Å². The third-order valence-corrected chi connectivity index (χ3v) is 5.59. The Morgan fingerprint density at radius 2 is 1.53 bits per heavy atom. The highest BCUT2D eigenvalue weighted by atomic mass is 16.5. The highest BCUT2D eigenvalue weighted by Crippen LogP contribution is 2.10. The summed E-state index contributed by atoms with van der Waals surface area (Å²) in [5.74, 6) is 0.303. The van der Waals surface area contributed by atoms with Gasteiger partial charge in [-0.05, 0) is 24.8 Å². The molecule has 30 heavy (non-hydrogen) atoms. The maximum absolute atomic E-state index is 12.4. The van der Waals surface area contributed by atoms with Crippen LogP contribution < -0.4 is 5.32 Å². The fourth-order valence-corrected chi connectivity index (χ4v) is 3.78. The van der Waals surface area contributed by atoms with Gasteiger partial charge in [0, 0.05) is 52.2 Å². The van der Waals surface area contributed by atoms with E-state index in [1.54, 1.807) is 0 Å². The standard InChI is InChI=1S/C22H32N4O4/c27-20(9-6-10-23-22(29)30-18-19-7-2-1-3-8-19)26-15-13-24(14-16-26)17-21(28)25-11-4-5-12-25/h1-3,7-8H,4-6,9-18H2,(H,23,29). The number of nitrogens with zero attached hydrogens (tertiary/aromatic N) is 3. The zero-order chi connectivity index (χ0) is 21.2. The summed E-state index contributed by atoms with van der Waals surface area (Å²) < 4.78 is 5.15. The smallest absolute Gasteiger partial charge is 0.407 e. The highest BCUT2D eigenvalue weighted by Gasteiger charge is 2.25. The molecule has 0 unspecified atom stereocenters. The molecule has 8 nitrogen and oxygen atoms in total. The number of carbonyl (C=O) groups excluding carboxylic acids is 3. The van der Waals surface area contributed by atoms with Crippen LogP contribution in [-0.2, 0) is 20.9 Å². The Bertz CT molecular complexity index is 698. The monoisotopic (exact) mass is 416 g/mol. The molecule has 2 heterocycles. The first-order valence-electron chi connectivity index (χ1n) is 10.8. The van der Waals surface area contributed by atoms with Gasteiger partial charge in [-0.3, -0.25) is 14.5 Å². The van der Waals surface area contributed by atoms with E-state index >= 15 is 0 Å². The fraction of sp³-hybridized carbons (Fsp3) is 0.591. The molecule has 0 spiro atoms. The zero-order valence-electron chi connectivity index (χ0n) is 17.6. The lowest BCUT2D eigenvalue weighted by molar-refractivity contribution is -0.134. The minimum atomic E-state index is -0.470. The second-order valence-corrected chi connectivity index (χ2v) is 7.84. The van der Waals surface area contributed by atoms with Gasteiger partial charge < -0.3 is 19.9 Å². The maximum Gasteiger partial charge on any atom is 0.407 e. The number of likely N-dealkylation sites (tertiary alicyclic amines) is 1. The molecule has 0 radical (unpaired) electrons. The van der Waals surface area contributed by atoms with Crippen molar-refractivity contribution in [3.05, 3.63) is 35.9 Å². The number of alkyl carbamates (subject to hydrolysis) is 1. The topological polar surface area (TPSA) is 82.2 Å². The lowest BCUT2D eigenvalue weighted by Gasteiger charge is -2.35. The lowest BCUT2D eigenvalue weighted by atomic mass is 10.2. The molecule has 1 aromatic carbocycles. The van der Waals surface area contributed by atoms with Crippen LogP contribution in [0.3, 0.4) is 0 Å². The largest absolute Gasteiger partial charge is 0.445 e. The molecule has 3 amide bonds. The molecule has 0 atom stereocenters. The van der Waals surface area contributed by atoms with Crippen molar-refractivity contribution < 1.29 is 19.1 Å². The van der Waals surface area contributed by atoms with Crippen LogP contribution in [0.1, 0.15) is 31.2 Å². The number of nitrogens with one attached hydrogen (secondary N) is 1. The fourth-order valence-electron chi connectivity index (χ4n) is 3.78. The predicted octanol–water partition coefficient (Wildman–Crippen LogP) is 1.46. The van der Waals surface area contributed by atoms with Crippen molar-refractivity contribution in [2.24, 2.45) is 0 Å². The Morgan fingerprint density at radius 3 is 2.23 bits per heavy atom. The molecule has 2 aliphatic heterocycles. The van der Waals surface area contributed by atoms with Gasteiger partial charge in [-0.2, -0.15) is 0 Å². The van der Waals surface area contributed by atoms with Crippen molar-refractivity contribution in [2.75, 3.05) is 52.4 Å². The SMILES string of the molecule is O=C(NCCCC(=O)N1CCN(CC(=O)N2CCCC2)CC1)OCc1ccccc1. The summed E-state index contributed by atoms with van der Waals surface area (Å²) in [6.07, 6.45) is 2.71. The molecular weight excluding hydrogens is 384 g/mol. The number of hydrogen-bond acceptors (Lipinski definition) is 5. The predicted molar refractivity (Wildman–Crippen MR) is 113 cm³/mol. The molecule has 2 fully saturated rings. The van der Waals surface area contributed by atoms with Crippen molar-refractivity contribution in [3.8, 4) is 0 Å². The summed E-state index contributed by atoms with van der Waals surface area (Å²) >= 11 is 0. The van der Waals surface area contributed by atoms with Gasteiger partial charge in [0.25, 0.3) is 0 Å². The van der Waals surface area contributed by atoms with Gasteiger partial charge in [-0.1, -0.05) is 30.3 Å². The molecule has 0 bridgehead atoms. The lowest BCUT2D eigenvalue weighted by Crippen LogP contribution is -2.51. The van der Waals surface area contributed by atoms with Gasteiger partial charge >= 0.3 is 6.09 Å². The van der Waals surface area contributed by atoms with Crippen LogP contribution >= 0.6 is 0 Å². The summed E-state index contributed by atoms with van der Waals surface area (Å²) in [4.78, 5) is 42.3. The summed E-state index contributed by atoms with van der Waals surface area (Å²) in [5.41, 5.74) is 0.934. The molecular formula is C22H32N4O4. The Balaban J connectivity index is 1.24. The number of piperazine rings is 1. The average Bonchev–Trinajstić information content (AvgIpc) is 3.31. The number of amides is 3. The third-order valence-electron chi connectivity index (χ3n) is 5.59. The van der Waals surface area contributed by atoms with Crippen LogP contribution in [-0.4, -0.2) is 85.0 Å². The van der Waals surface area contributed by atoms with Gasteiger partial charge in [0.1, 0.15) is 6.61 Å². The Kier molecular flexibility index (Phi) is 8.50. The van der Waals surface area contributed by atoms with Crippen LogP contribution in [0.2, 0.25) is 0 Å². The van der Waals surface area contributed by atoms with Crippen LogP contribution in [0.25, 0.3) is 0 Å². The van der Waals surface area contributed by atoms with Gasteiger partial charge in [0.05, 0.1) is 6.54 Å². The summed E-state index contributed by atoms with van der Waals surface area (Å²) in [5, 5.41) is 2.68. The van der Waals surface area contributed by atoms with E-state index in [0.29, 0.717) is 39.0 Å². The quantitative estimate of drug-likeness (QED) is 0.649. The first-order chi connectivity index (χ1) is 14.6. The van der Waals surface area contributed by atoms with Crippen molar-refractivity contribution >= 4 is 17.9 Å². The Labute approximate surface area is 178 Å². The van der Waals surface area contributed by atoms with Gasteiger partial charge in [0.2, 0.25) is 11.8 Å². The van der Waals surface area contributed by atoms with Crippen LogP contribution in [0.5, 0.6) is 0 Å². The molecule has 8 heteroatoms. The number of benzene rings is 1. The Hall–Kier alpha value is -2.61. The normalized spacial score (nSPS) is 17.1. The first kappa shape index (κ1) is 22.1. The highest BCUT2D eigenvalue weighted by molar-refractivity contribution is 5.79. The van der Waals surface area contributed by atoms with E-state index in [4.69, 9.17) is 4.74 Å². The van der Waals surface area contributed by atoms with E-state index in [1.165, 1.54) is 0 Å². The number of rotatable bonds is 8. The van der Waals surface area contributed by atoms with Gasteiger partial charge in [-0.25, -0.2) is 4.79 Å². The molecule has 3 rings (SSSR count). The van der Waals surface area contributed by atoms with E-state index in [-0.39, 0.29) is 18.4 Å². The third kappa shape index (κ3) is 7.02. The first-order valence-corrected chi connectivity index (χ1v) is 10.8. The Morgan fingerprint density at radius 1 is 0.867 bits per heavy atom. The van der Waals surface area contributed by atoms with Crippen molar-refractivity contribution in [2.45, 2.75) is 32.3 Å². The van der Waals surface area contributed by atoms with Crippen LogP contribution in [0, 0.1) is 0 Å². The molecule has 2 saturated heterocycles. The minimum Gasteiger partial charge on any atom is -0.445 e. The second-order valence-electron chi connectivity index (χ2n) is 7.84.